The maximum Gasteiger partial charge on any atom is 0.410 e. The molecule has 1 N–H and O–H groups in total. The number of hydrogen-bond donors (Lipinski definition) is 1. The second kappa shape index (κ2) is 9.76. The monoisotopic (exact) mass is 456 g/mol. The second-order valence-corrected chi connectivity index (χ2v) is 8.61. The molecule has 10 heteroatoms. The van der Waals surface area contributed by atoms with Gasteiger partial charge in [0.05, 0.1) is 17.6 Å². The van der Waals surface area contributed by atoms with Crippen molar-refractivity contribution in [3.8, 4) is 0 Å². The van der Waals surface area contributed by atoms with Crippen molar-refractivity contribution in [3.05, 3.63) is 58.1 Å². The first-order valence-electron chi connectivity index (χ1n) is 10.5. The van der Waals surface area contributed by atoms with Crippen molar-refractivity contribution in [1.29, 1.82) is 0 Å². The molecule has 0 unspecified atom stereocenters. The number of nitro groups is 1. The summed E-state index contributed by atoms with van der Waals surface area (Å²) in [7, 11) is 1.22. The van der Waals surface area contributed by atoms with Gasteiger partial charge in [0, 0.05) is 43.6 Å². The maximum absolute atomic E-state index is 12.3. The molecule has 2 aromatic rings. The Bertz CT molecular complexity index is 1040. The molecule has 0 radical (unpaired) electrons. The molecule has 1 heterocycles. The van der Waals surface area contributed by atoms with E-state index in [4.69, 9.17) is 4.74 Å². The van der Waals surface area contributed by atoms with Crippen LogP contribution in [0.4, 0.5) is 27.5 Å². The van der Waals surface area contributed by atoms with Crippen LogP contribution in [-0.4, -0.2) is 60.8 Å². The number of nitrogens with zero attached hydrogens (tertiary/aromatic N) is 3. The third kappa shape index (κ3) is 6.12. The Morgan fingerprint density at radius 1 is 1.06 bits per heavy atom. The van der Waals surface area contributed by atoms with Crippen LogP contribution in [0.2, 0.25) is 0 Å². The molecule has 0 bridgehead atoms. The van der Waals surface area contributed by atoms with Crippen LogP contribution in [0.25, 0.3) is 0 Å². The summed E-state index contributed by atoms with van der Waals surface area (Å²) in [5.41, 5.74) is 1.19. The van der Waals surface area contributed by atoms with Crippen molar-refractivity contribution >= 4 is 34.8 Å². The number of anilines is 3. The fourth-order valence-electron chi connectivity index (χ4n) is 3.44. The van der Waals surface area contributed by atoms with Gasteiger partial charge in [-0.05, 0) is 51.1 Å². The number of esters is 1. The topological polar surface area (TPSA) is 114 Å². The van der Waals surface area contributed by atoms with E-state index in [0.29, 0.717) is 31.9 Å². The summed E-state index contributed by atoms with van der Waals surface area (Å²) in [6.45, 7) is 7.86. The van der Waals surface area contributed by atoms with E-state index in [-0.39, 0.29) is 23.0 Å². The van der Waals surface area contributed by atoms with Gasteiger partial charge in [-0.15, -0.1) is 0 Å². The van der Waals surface area contributed by atoms with Crippen LogP contribution in [0.5, 0.6) is 0 Å². The van der Waals surface area contributed by atoms with E-state index in [1.165, 1.54) is 25.3 Å². The van der Waals surface area contributed by atoms with E-state index >= 15 is 0 Å². The van der Waals surface area contributed by atoms with Gasteiger partial charge in [-0.3, -0.25) is 10.1 Å². The summed E-state index contributed by atoms with van der Waals surface area (Å²) >= 11 is 0. The quantitative estimate of drug-likeness (QED) is 0.405. The molecular weight excluding hydrogens is 428 g/mol. The van der Waals surface area contributed by atoms with E-state index in [0.717, 1.165) is 5.69 Å². The van der Waals surface area contributed by atoms with Crippen LogP contribution < -0.4 is 10.2 Å². The summed E-state index contributed by atoms with van der Waals surface area (Å²) in [6, 6.07) is 11.6. The average Bonchev–Trinajstić information content (AvgIpc) is 2.78. The Morgan fingerprint density at radius 2 is 1.76 bits per heavy atom. The predicted octanol–water partition coefficient (Wildman–Crippen LogP) is 4.18. The van der Waals surface area contributed by atoms with Gasteiger partial charge >= 0.3 is 12.1 Å². The van der Waals surface area contributed by atoms with E-state index in [2.05, 4.69) is 15.0 Å². The minimum atomic E-state index is -0.642. The molecule has 1 saturated heterocycles. The highest BCUT2D eigenvalue weighted by atomic mass is 16.6. The number of carbonyl (C=O) groups excluding carboxylic acids is 2. The molecule has 1 amide bonds. The minimum Gasteiger partial charge on any atom is -0.465 e. The molecule has 176 valence electrons. The van der Waals surface area contributed by atoms with Gasteiger partial charge in [0.1, 0.15) is 11.3 Å². The summed E-state index contributed by atoms with van der Waals surface area (Å²) < 4.78 is 10.1. The average molecular weight is 456 g/mol. The van der Waals surface area contributed by atoms with Gasteiger partial charge in [0.25, 0.3) is 5.69 Å². The molecule has 1 aliphatic heterocycles. The van der Waals surface area contributed by atoms with Crippen LogP contribution in [0.1, 0.15) is 31.1 Å². The Kier molecular flexibility index (Phi) is 7.05. The first kappa shape index (κ1) is 23.8. The highest BCUT2D eigenvalue weighted by Gasteiger charge is 2.26. The van der Waals surface area contributed by atoms with Crippen LogP contribution in [0.15, 0.2) is 42.5 Å². The Morgan fingerprint density at radius 3 is 2.36 bits per heavy atom. The molecular formula is C23H28N4O6. The molecule has 10 nitrogen and oxygen atoms in total. The number of piperazine rings is 1. The van der Waals surface area contributed by atoms with Crippen molar-refractivity contribution in [2.24, 2.45) is 0 Å². The van der Waals surface area contributed by atoms with Gasteiger partial charge in [-0.1, -0.05) is 6.07 Å². The maximum atomic E-state index is 12.3. The van der Waals surface area contributed by atoms with Crippen LogP contribution in [-0.2, 0) is 9.47 Å². The SMILES string of the molecule is COC(=O)c1ccc(Nc2cccc(N3CCN(C(=O)OC(C)(C)C)CC3)c2)c([N+](=O)[O-])c1. The molecule has 1 fully saturated rings. The zero-order chi connectivity index (χ0) is 24.2. The molecule has 1 aliphatic rings. The summed E-state index contributed by atoms with van der Waals surface area (Å²) in [5.74, 6) is -0.642. The number of ether oxygens (including phenoxy) is 2. The van der Waals surface area contributed by atoms with Gasteiger partial charge in [0.15, 0.2) is 0 Å². The minimum absolute atomic E-state index is 0.103. The first-order chi connectivity index (χ1) is 15.6. The Labute approximate surface area is 192 Å². The number of rotatable bonds is 5. The lowest BCUT2D eigenvalue weighted by atomic mass is 10.1. The smallest absolute Gasteiger partial charge is 0.410 e. The number of nitrogens with one attached hydrogen (secondary N) is 1. The number of hydrogen-bond acceptors (Lipinski definition) is 8. The van der Waals surface area contributed by atoms with Crippen molar-refractivity contribution < 1.29 is 24.0 Å². The van der Waals surface area contributed by atoms with E-state index in [9.17, 15) is 19.7 Å². The molecule has 0 atom stereocenters. The Balaban J connectivity index is 1.71. The van der Waals surface area contributed by atoms with Gasteiger partial charge in [-0.25, -0.2) is 9.59 Å². The molecule has 0 spiro atoms. The third-order valence-corrected chi connectivity index (χ3v) is 5.04. The number of benzene rings is 2. The van der Waals surface area contributed by atoms with Gasteiger partial charge < -0.3 is 24.6 Å². The van der Waals surface area contributed by atoms with Gasteiger partial charge in [0.2, 0.25) is 0 Å². The predicted molar refractivity (Wildman–Crippen MR) is 124 cm³/mol. The van der Waals surface area contributed by atoms with E-state index in [1.807, 2.05) is 39.0 Å². The number of carbonyl (C=O) groups is 2. The van der Waals surface area contributed by atoms with Gasteiger partial charge in [-0.2, -0.15) is 0 Å². The molecule has 0 saturated carbocycles. The lowest BCUT2D eigenvalue weighted by molar-refractivity contribution is -0.383. The van der Waals surface area contributed by atoms with E-state index in [1.54, 1.807) is 11.0 Å². The van der Waals surface area contributed by atoms with Crippen molar-refractivity contribution in [3.63, 3.8) is 0 Å². The number of nitro benzene ring substituents is 1. The second-order valence-electron chi connectivity index (χ2n) is 8.61. The fraction of sp³-hybridized carbons (Fsp3) is 0.391. The van der Waals surface area contributed by atoms with E-state index < -0.39 is 16.5 Å². The first-order valence-corrected chi connectivity index (χ1v) is 10.5. The highest BCUT2D eigenvalue weighted by Crippen LogP contribution is 2.30. The molecule has 2 aromatic carbocycles. The fourth-order valence-corrected chi connectivity index (χ4v) is 3.44. The zero-order valence-corrected chi connectivity index (χ0v) is 19.2. The molecule has 0 aromatic heterocycles. The van der Waals surface area contributed by atoms with Crippen LogP contribution in [0.3, 0.4) is 0 Å². The summed E-state index contributed by atoms with van der Waals surface area (Å²) in [6.07, 6.45) is -0.319. The lowest BCUT2D eigenvalue weighted by Gasteiger charge is -2.36. The molecule has 33 heavy (non-hydrogen) atoms. The number of amides is 1. The largest absolute Gasteiger partial charge is 0.465 e. The van der Waals surface area contributed by atoms with Crippen molar-refractivity contribution in [2.45, 2.75) is 26.4 Å². The zero-order valence-electron chi connectivity index (χ0n) is 19.2. The number of methoxy groups -OCH3 is 1. The summed E-state index contributed by atoms with van der Waals surface area (Å²) in [5, 5.41) is 14.6. The third-order valence-electron chi connectivity index (χ3n) is 5.04. The summed E-state index contributed by atoms with van der Waals surface area (Å²) in [4.78, 5) is 38.8. The van der Waals surface area contributed by atoms with Crippen molar-refractivity contribution in [1.82, 2.24) is 4.90 Å². The highest BCUT2D eigenvalue weighted by molar-refractivity contribution is 5.91. The van der Waals surface area contributed by atoms with Crippen LogP contribution in [0, 0.1) is 10.1 Å². The molecule has 3 rings (SSSR count). The van der Waals surface area contributed by atoms with Crippen molar-refractivity contribution in [2.75, 3.05) is 43.5 Å². The standard InChI is InChI=1S/C23H28N4O6/c1-23(2,3)33-22(29)26-12-10-25(11-13-26)18-7-5-6-17(15-18)24-19-9-8-16(21(28)32-4)14-20(19)27(30)31/h5-9,14-15,24H,10-13H2,1-4H3. The molecule has 0 aliphatic carbocycles. The Hall–Kier alpha value is -3.82. The normalized spacial score (nSPS) is 13.9. The lowest BCUT2D eigenvalue weighted by Crippen LogP contribution is -2.50. The van der Waals surface area contributed by atoms with Crippen LogP contribution >= 0.6 is 0 Å².